The van der Waals surface area contributed by atoms with Gasteiger partial charge in [-0.25, -0.2) is 0 Å². The molecule has 1 aliphatic heterocycles. The zero-order chi connectivity index (χ0) is 18.7. The van der Waals surface area contributed by atoms with Gasteiger partial charge in [-0.2, -0.15) is 4.99 Å². The molecule has 138 valence electrons. The lowest BCUT2D eigenvalue weighted by Crippen LogP contribution is -2.25. The van der Waals surface area contributed by atoms with E-state index < -0.39 is 0 Å². The maximum absolute atomic E-state index is 12.2. The predicted octanol–water partition coefficient (Wildman–Crippen LogP) is 4.62. The quantitative estimate of drug-likeness (QED) is 0.670. The highest BCUT2D eigenvalue weighted by Gasteiger charge is 2.25. The average molecular weight is 412 g/mol. The van der Waals surface area contributed by atoms with Crippen LogP contribution in [-0.2, 0) is 9.59 Å². The Hall–Kier alpha value is -1.50. The molecule has 2 N–H and O–H groups in total. The monoisotopic (exact) mass is 411 g/mol. The van der Waals surface area contributed by atoms with E-state index in [2.05, 4.69) is 15.6 Å². The second kappa shape index (κ2) is 8.46. The van der Waals surface area contributed by atoms with E-state index >= 15 is 0 Å². The van der Waals surface area contributed by atoms with Crippen molar-refractivity contribution >= 4 is 57.6 Å². The summed E-state index contributed by atoms with van der Waals surface area (Å²) in [5.74, 6) is 0.370. The molecule has 0 spiro atoms. The van der Waals surface area contributed by atoms with Crippen LogP contribution in [0.4, 0.5) is 5.69 Å². The summed E-state index contributed by atoms with van der Waals surface area (Å²) in [5, 5.41) is 7.28. The molecule has 1 aliphatic carbocycles. The molecule has 2 amide bonds. The molecule has 0 aromatic heterocycles. The van der Waals surface area contributed by atoms with Gasteiger partial charge >= 0.3 is 0 Å². The summed E-state index contributed by atoms with van der Waals surface area (Å²) in [6.45, 7) is 2.62. The number of hydrogen-bond acceptors (Lipinski definition) is 4. The summed E-state index contributed by atoms with van der Waals surface area (Å²) >= 11 is 13.5. The summed E-state index contributed by atoms with van der Waals surface area (Å²) in [6, 6.07) is 5.16. The zero-order valence-corrected chi connectivity index (χ0v) is 16.6. The van der Waals surface area contributed by atoms with E-state index in [1.54, 1.807) is 18.2 Å². The molecule has 0 saturated heterocycles. The van der Waals surface area contributed by atoms with Crippen molar-refractivity contribution in [3.8, 4) is 0 Å². The van der Waals surface area contributed by atoms with Gasteiger partial charge in [0.2, 0.25) is 5.91 Å². The highest BCUT2D eigenvalue weighted by atomic mass is 35.5. The van der Waals surface area contributed by atoms with Gasteiger partial charge in [-0.3, -0.25) is 9.59 Å². The fraction of sp³-hybridized carbons (Fsp3) is 0.389. The zero-order valence-electron chi connectivity index (χ0n) is 14.3. The first-order chi connectivity index (χ1) is 12.4. The number of hydrogen-bond donors (Lipinski definition) is 2. The van der Waals surface area contributed by atoms with E-state index in [0.717, 1.165) is 12.1 Å². The lowest BCUT2D eigenvalue weighted by Gasteiger charge is -2.09. The van der Waals surface area contributed by atoms with Gasteiger partial charge in [-0.15, -0.1) is 0 Å². The number of anilines is 1. The molecule has 1 saturated carbocycles. The number of para-hydroxylation sites is 1. The Morgan fingerprint density at radius 1 is 1.27 bits per heavy atom. The van der Waals surface area contributed by atoms with Crippen molar-refractivity contribution in [1.82, 2.24) is 5.32 Å². The lowest BCUT2D eigenvalue weighted by atomic mass is 10.1. The first-order valence-electron chi connectivity index (χ1n) is 8.42. The van der Waals surface area contributed by atoms with Crippen molar-refractivity contribution in [1.29, 1.82) is 0 Å². The number of rotatable bonds is 6. The van der Waals surface area contributed by atoms with Crippen LogP contribution in [0.2, 0.25) is 10.0 Å². The molecule has 1 fully saturated rings. The van der Waals surface area contributed by atoms with Crippen LogP contribution in [0.15, 0.2) is 33.7 Å². The standard InChI is InChI=1S/C18H19Cl2N3O2S/c1-10(5-8-14(24)21-9-11-6-7-11)16-17(25)23-18(26-16)22-15-12(19)3-2-4-13(15)20/h2-4,11H,5-9H2,1H3,(H,21,24)(H,22,23,25). The van der Waals surface area contributed by atoms with Crippen LogP contribution in [-0.4, -0.2) is 23.5 Å². The van der Waals surface area contributed by atoms with Crippen LogP contribution in [0.25, 0.3) is 0 Å². The fourth-order valence-electron chi connectivity index (χ4n) is 2.44. The SMILES string of the molecule is CC(CCC(=O)NCC1CC1)=C1SC(Nc2c(Cl)cccc2Cl)=NC1=O. The molecule has 26 heavy (non-hydrogen) atoms. The maximum atomic E-state index is 12.2. The molecule has 0 atom stereocenters. The van der Waals surface area contributed by atoms with E-state index in [1.165, 1.54) is 24.6 Å². The van der Waals surface area contributed by atoms with Crippen molar-refractivity contribution in [3.05, 3.63) is 38.7 Å². The van der Waals surface area contributed by atoms with Crippen LogP contribution in [0.5, 0.6) is 0 Å². The van der Waals surface area contributed by atoms with Crippen molar-refractivity contribution in [2.45, 2.75) is 32.6 Å². The molecule has 0 unspecified atom stereocenters. The second-order valence-corrected chi connectivity index (χ2v) is 8.22. The molecule has 1 aromatic rings. The Balaban J connectivity index is 1.57. The van der Waals surface area contributed by atoms with Crippen LogP contribution in [0, 0.1) is 5.92 Å². The molecule has 2 aliphatic rings. The number of nitrogens with zero attached hydrogens (tertiary/aromatic N) is 1. The van der Waals surface area contributed by atoms with Gasteiger partial charge < -0.3 is 10.6 Å². The third-order valence-electron chi connectivity index (χ3n) is 4.19. The normalized spacial score (nSPS) is 18.6. The number of nitrogens with one attached hydrogen (secondary N) is 2. The van der Waals surface area contributed by atoms with Crippen molar-refractivity contribution in [2.75, 3.05) is 11.9 Å². The summed E-state index contributed by atoms with van der Waals surface area (Å²) in [7, 11) is 0. The van der Waals surface area contributed by atoms with Crippen molar-refractivity contribution in [2.24, 2.45) is 10.9 Å². The van der Waals surface area contributed by atoms with Gasteiger partial charge in [0.25, 0.3) is 5.91 Å². The van der Waals surface area contributed by atoms with Gasteiger partial charge in [0, 0.05) is 13.0 Å². The third-order valence-corrected chi connectivity index (χ3v) is 5.93. The van der Waals surface area contributed by atoms with Gasteiger partial charge in [-0.1, -0.05) is 34.8 Å². The van der Waals surface area contributed by atoms with Gasteiger partial charge in [0.15, 0.2) is 5.17 Å². The van der Waals surface area contributed by atoms with Crippen LogP contribution in [0.3, 0.4) is 0 Å². The number of allylic oxidation sites excluding steroid dienone is 1. The van der Waals surface area contributed by atoms with E-state index in [9.17, 15) is 9.59 Å². The van der Waals surface area contributed by atoms with E-state index in [4.69, 9.17) is 23.2 Å². The van der Waals surface area contributed by atoms with Crippen molar-refractivity contribution in [3.63, 3.8) is 0 Å². The number of thioether (sulfide) groups is 1. The highest BCUT2D eigenvalue weighted by Crippen LogP contribution is 2.35. The summed E-state index contributed by atoms with van der Waals surface area (Å²) in [6.07, 6.45) is 3.31. The molecule has 1 heterocycles. The smallest absolute Gasteiger partial charge is 0.286 e. The Morgan fingerprint density at radius 2 is 1.96 bits per heavy atom. The fourth-order valence-corrected chi connectivity index (χ4v) is 3.81. The summed E-state index contributed by atoms with van der Waals surface area (Å²) < 4.78 is 0. The third kappa shape index (κ3) is 5.02. The molecule has 3 rings (SSSR count). The minimum atomic E-state index is -0.309. The van der Waals surface area contributed by atoms with E-state index in [1.807, 2.05) is 6.92 Å². The van der Waals surface area contributed by atoms with Gasteiger partial charge in [0.05, 0.1) is 20.6 Å². The Bertz CT molecular complexity index is 783. The second-order valence-electron chi connectivity index (χ2n) is 6.40. The minimum Gasteiger partial charge on any atom is -0.356 e. The first-order valence-corrected chi connectivity index (χ1v) is 9.99. The predicted molar refractivity (Wildman–Crippen MR) is 108 cm³/mol. The molecule has 1 aromatic carbocycles. The average Bonchev–Trinajstić information content (AvgIpc) is 3.36. The molecule has 5 nitrogen and oxygen atoms in total. The number of aliphatic imine (C=N–C) groups is 1. The van der Waals surface area contributed by atoms with Gasteiger partial charge in [0.1, 0.15) is 0 Å². The first kappa shape index (κ1) is 19.3. The summed E-state index contributed by atoms with van der Waals surface area (Å²) in [5.41, 5.74) is 1.38. The molecule has 0 radical (unpaired) electrons. The van der Waals surface area contributed by atoms with Gasteiger partial charge in [-0.05, 0) is 56.0 Å². The Kier molecular flexibility index (Phi) is 6.27. The Morgan fingerprint density at radius 3 is 2.62 bits per heavy atom. The number of halogens is 2. The number of benzene rings is 1. The maximum Gasteiger partial charge on any atom is 0.286 e. The lowest BCUT2D eigenvalue weighted by molar-refractivity contribution is -0.121. The van der Waals surface area contributed by atoms with Crippen LogP contribution >= 0.6 is 35.0 Å². The van der Waals surface area contributed by atoms with E-state index in [-0.39, 0.29) is 11.8 Å². The number of amides is 2. The molecular weight excluding hydrogens is 393 g/mol. The molecule has 8 heteroatoms. The number of carbonyl (C=O) groups is 2. The number of amidine groups is 1. The minimum absolute atomic E-state index is 0.0226. The van der Waals surface area contributed by atoms with Crippen molar-refractivity contribution < 1.29 is 9.59 Å². The molecule has 0 bridgehead atoms. The molecular formula is C18H19Cl2N3O2S. The summed E-state index contributed by atoms with van der Waals surface area (Å²) in [4.78, 5) is 28.6. The van der Waals surface area contributed by atoms with E-state index in [0.29, 0.717) is 44.6 Å². The largest absolute Gasteiger partial charge is 0.356 e. The Labute approximate surface area is 166 Å². The van der Waals surface area contributed by atoms with Crippen LogP contribution < -0.4 is 10.6 Å². The van der Waals surface area contributed by atoms with Crippen LogP contribution in [0.1, 0.15) is 32.6 Å². The number of carbonyl (C=O) groups excluding carboxylic acids is 2. The highest BCUT2D eigenvalue weighted by molar-refractivity contribution is 8.18. The topological polar surface area (TPSA) is 70.6 Å².